The number of rotatable bonds is 3. The first-order valence-corrected chi connectivity index (χ1v) is 7.96. The van der Waals surface area contributed by atoms with Crippen LogP contribution in [0, 0.1) is 5.82 Å². The van der Waals surface area contributed by atoms with Crippen LogP contribution in [0.15, 0.2) is 53.4 Å². The van der Waals surface area contributed by atoms with Crippen molar-refractivity contribution in [3.05, 3.63) is 65.5 Å². The minimum atomic E-state index is -0.171. The molecule has 0 spiro atoms. The van der Waals surface area contributed by atoms with Gasteiger partial charge in [-0.05, 0) is 48.4 Å². The summed E-state index contributed by atoms with van der Waals surface area (Å²) in [6.45, 7) is 2.10. The molecule has 1 heterocycles. The predicted octanol–water partition coefficient (Wildman–Crippen LogP) is 4.71. The zero-order valence-electron chi connectivity index (χ0n) is 11.5. The summed E-state index contributed by atoms with van der Waals surface area (Å²) in [6.07, 6.45) is 1.11. The Morgan fingerprint density at radius 3 is 2.90 bits per heavy atom. The van der Waals surface area contributed by atoms with E-state index in [1.807, 2.05) is 17.8 Å². The maximum absolute atomic E-state index is 13.3. The normalized spacial score (nSPS) is 19.4. The molecule has 3 heteroatoms. The second kappa shape index (κ2) is 5.98. The molecular formula is C17H18FNS. The lowest BCUT2D eigenvalue weighted by Crippen LogP contribution is -2.27. The van der Waals surface area contributed by atoms with E-state index < -0.39 is 0 Å². The molecule has 1 N–H and O–H groups in total. The molecule has 0 radical (unpaired) electrons. The van der Waals surface area contributed by atoms with Crippen LogP contribution in [0.5, 0.6) is 0 Å². The van der Waals surface area contributed by atoms with Gasteiger partial charge >= 0.3 is 0 Å². The summed E-state index contributed by atoms with van der Waals surface area (Å²) < 4.78 is 13.3. The number of hydrogen-bond donors (Lipinski definition) is 1. The lowest BCUT2D eigenvalue weighted by Gasteiger charge is -2.29. The third-order valence-electron chi connectivity index (χ3n) is 3.76. The van der Waals surface area contributed by atoms with Crippen LogP contribution in [0.3, 0.4) is 0 Å². The fourth-order valence-corrected chi connectivity index (χ4v) is 3.81. The Balaban J connectivity index is 1.79. The van der Waals surface area contributed by atoms with Crippen LogP contribution in [0.4, 0.5) is 4.39 Å². The molecule has 0 fully saturated rings. The van der Waals surface area contributed by atoms with Gasteiger partial charge in [-0.15, -0.1) is 11.8 Å². The van der Waals surface area contributed by atoms with Crippen molar-refractivity contribution >= 4 is 11.8 Å². The Labute approximate surface area is 123 Å². The largest absolute Gasteiger partial charge is 0.303 e. The van der Waals surface area contributed by atoms with Gasteiger partial charge in [0.25, 0.3) is 0 Å². The molecule has 1 aliphatic heterocycles. The van der Waals surface area contributed by atoms with Crippen LogP contribution in [0.25, 0.3) is 0 Å². The molecule has 2 aromatic rings. The van der Waals surface area contributed by atoms with Gasteiger partial charge in [-0.1, -0.05) is 30.3 Å². The van der Waals surface area contributed by atoms with Crippen molar-refractivity contribution in [3.63, 3.8) is 0 Å². The van der Waals surface area contributed by atoms with Crippen LogP contribution in [-0.4, -0.2) is 5.75 Å². The van der Waals surface area contributed by atoms with Gasteiger partial charge in [-0.2, -0.15) is 0 Å². The average Bonchev–Trinajstić information content (AvgIpc) is 2.47. The molecule has 1 nitrogen and oxygen atoms in total. The van der Waals surface area contributed by atoms with E-state index in [0.29, 0.717) is 6.04 Å². The van der Waals surface area contributed by atoms with Crippen molar-refractivity contribution in [3.8, 4) is 0 Å². The molecule has 0 aliphatic carbocycles. The Morgan fingerprint density at radius 1 is 1.20 bits per heavy atom. The SMILES string of the molecule is CC(NC1CCSc2ccccc21)c1cccc(F)c1. The maximum atomic E-state index is 13.3. The van der Waals surface area contributed by atoms with Gasteiger partial charge in [0, 0.05) is 17.0 Å². The second-order valence-corrected chi connectivity index (χ2v) is 6.31. The molecule has 20 heavy (non-hydrogen) atoms. The van der Waals surface area contributed by atoms with Gasteiger partial charge in [0.1, 0.15) is 5.82 Å². The molecule has 2 atom stereocenters. The van der Waals surface area contributed by atoms with Crippen molar-refractivity contribution in [2.24, 2.45) is 0 Å². The predicted molar refractivity (Wildman–Crippen MR) is 82.5 cm³/mol. The molecular weight excluding hydrogens is 269 g/mol. The molecule has 3 rings (SSSR count). The van der Waals surface area contributed by atoms with E-state index in [9.17, 15) is 4.39 Å². The van der Waals surface area contributed by atoms with Crippen LogP contribution in [0.1, 0.15) is 36.6 Å². The molecule has 0 saturated heterocycles. The number of fused-ring (bicyclic) bond motifs is 1. The zero-order chi connectivity index (χ0) is 13.9. The van der Waals surface area contributed by atoms with E-state index in [0.717, 1.165) is 17.7 Å². The van der Waals surface area contributed by atoms with Crippen LogP contribution in [0.2, 0.25) is 0 Å². The molecule has 0 bridgehead atoms. The standard InChI is InChI=1S/C17H18FNS/c1-12(13-5-4-6-14(18)11-13)19-16-9-10-20-17-8-3-2-7-15(16)17/h2-8,11-12,16,19H,9-10H2,1H3. The quantitative estimate of drug-likeness (QED) is 0.877. The number of thioether (sulfide) groups is 1. The van der Waals surface area contributed by atoms with E-state index in [1.165, 1.54) is 16.5 Å². The summed E-state index contributed by atoms with van der Waals surface area (Å²) in [4.78, 5) is 1.36. The van der Waals surface area contributed by atoms with Gasteiger partial charge in [0.2, 0.25) is 0 Å². The molecule has 0 amide bonds. The fraction of sp³-hybridized carbons (Fsp3) is 0.294. The van der Waals surface area contributed by atoms with Gasteiger partial charge in [-0.3, -0.25) is 0 Å². The Hall–Kier alpha value is -1.32. The highest BCUT2D eigenvalue weighted by Gasteiger charge is 2.21. The summed E-state index contributed by atoms with van der Waals surface area (Å²) in [5, 5.41) is 3.64. The van der Waals surface area contributed by atoms with Crippen molar-refractivity contribution < 1.29 is 4.39 Å². The zero-order valence-corrected chi connectivity index (χ0v) is 12.3. The average molecular weight is 287 g/mol. The third kappa shape index (κ3) is 2.89. The molecule has 1 aliphatic rings. The van der Waals surface area contributed by atoms with Gasteiger partial charge in [0.05, 0.1) is 0 Å². The summed E-state index contributed by atoms with van der Waals surface area (Å²) in [6, 6.07) is 15.9. The highest BCUT2D eigenvalue weighted by atomic mass is 32.2. The minimum absolute atomic E-state index is 0.145. The maximum Gasteiger partial charge on any atom is 0.123 e. The summed E-state index contributed by atoms with van der Waals surface area (Å²) in [5.41, 5.74) is 2.37. The molecule has 2 aromatic carbocycles. The van der Waals surface area contributed by atoms with Gasteiger partial charge in [0.15, 0.2) is 0 Å². The fourth-order valence-electron chi connectivity index (χ4n) is 2.69. The second-order valence-electron chi connectivity index (χ2n) is 5.17. The third-order valence-corrected chi connectivity index (χ3v) is 4.88. The lowest BCUT2D eigenvalue weighted by atomic mass is 10.0. The summed E-state index contributed by atoms with van der Waals surface area (Å²) in [5.74, 6) is 0.959. The van der Waals surface area contributed by atoms with Crippen molar-refractivity contribution in [2.75, 3.05) is 5.75 Å². The molecule has 2 unspecified atom stereocenters. The molecule has 0 saturated carbocycles. The number of benzene rings is 2. The highest BCUT2D eigenvalue weighted by molar-refractivity contribution is 7.99. The van der Waals surface area contributed by atoms with Crippen molar-refractivity contribution in [1.82, 2.24) is 5.32 Å². The first kappa shape index (κ1) is 13.7. The smallest absolute Gasteiger partial charge is 0.123 e. The van der Waals surface area contributed by atoms with Crippen molar-refractivity contribution in [2.45, 2.75) is 30.3 Å². The number of halogens is 1. The summed E-state index contributed by atoms with van der Waals surface area (Å²) in [7, 11) is 0. The van der Waals surface area contributed by atoms with E-state index in [1.54, 1.807) is 12.1 Å². The highest BCUT2D eigenvalue weighted by Crippen LogP contribution is 2.37. The monoisotopic (exact) mass is 287 g/mol. The van der Waals surface area contributed by atoms with E-state index in [4.69, 9.17) is 0 Å². The number of hydrogen-bond acceptors (Lipinski definition) is 2. The number of nitrogens with one attached hydrogen (secondary N) is 1. The Bertz CT molecular complexity index is 599. The van der Waals surface area contributed by atoms with Gasteiger partial charge < -0.3 is 5.32 Å². The van der Waals surface area contributed by atoms with Crippen LogP contribution < -0.4 is 5.32 Å². The van der Waals surface area contributed by atoms with Crippen LogP contribution >= 0.6 is 11.8 Å². The minimum Gasteiger partial charge on any atom is -0.303 e. The molecule has 104 valence electrons. The van der Waals surface area contributed by atoms with E-state index in [-0.39, 0.29) is 11.9 Å². The summed E-state index contributed by atoms with van der Waals surface area (Å²) >= 11 is 1.92. The van der Waals surface area contributed by atoms with E-state index in [2.05, 4.69) is 36.5 Å². The molecule has 0 aromatic heterocycles. The Morgan fingerprint density at radius 2 is 2.05 bits per heavy atom. The van der Waals surface area contributed by atoms with Crippen LogP contribution in [-0.2, 0) is 0 Å². The lowest BCUT2D eigenvalue weighted by molar-refractivity contribution is 0.448. The first-order chi connectivity index (χ1) is 9.74. The first-order valence-electron chi connectivity index (χ1n) is 6.97. The topological polar surface area (TPSA) is 12.0 Å². The van der Waals surface area contributed by atoms with Gasteiger partial charge in [-0.25, -0.2) is 4.39 Å². The van der Waals surface area contributed by atoms with E-state index >= 15 is 0 Å². The Kier molecular flexibility index (Phi) is 4.08. The van der Waals surface area contributed by atoms with Crippen molar-refractivity contribution in [1.29, 1.82) is 0 Å².